The predicted octanol–water partition coefficient (Wildman–Crippen LogP) is -3.12. The third-order valence-corrected chi connectivity index (χ3v) is 5.65. The molecule has 0 saturated carbocycles. The van der Waals surface area contributed by atoms with Crippen LogP contribution in [0.1, 0.15) is 6.23 Å². The largest absolute Gasteiger partial charge is 0.803 e. The van der Waals surface area contributed by atoms with Gasteiger partial charge in [-0.3, -0.25) is 14.3 Å². The third kappa shape index (κ3) is 3.19. The molecule has 1 aliphatic rings. The van der Waals surface area contributed by atoms with Gasteiger partial charge >= 0.3 is 0 Å². The molecule has 1 saturated heterocycles. The number of nitrogens with zero attached hydrogens (tertiary/aromatic N) is 3. The number of aliphatic hydroxyl groups is 2. The SMILES string of the molecule is Nc1nc2c(ncn2C2OC(CSP(=O)([O-])[O-])C(O)C2O)c(=O)[nH]1. The number of ether oxygens (including phenoxy) is 1. The summed E-state index contributed by atoms with van der Waals surface area (Å²) in [6.07, 6.45) is -4.00. The molecule has 12 nitrogen and oxygen atoms in total. The molecule has 5 N–H and O–H groups in total. The molecule has 2 aromatic rings. The van der Waals surface area contributed by atoms with Crippen molar-refractivity contribution in [3.8, 4) is 0 Å². The van der Waals surface area contributed by atoms with Crippen molar-refractivity contribution < 1.29 is 29.3 Å². The van der Waals surface area contributed by atoms with Gasteiger partial charge in [0.15, 0.2) is 17.4 Å². The van der Waals surface area contributed by atoms with Gasteiger partial charge in [0.2, 0.25) is 5.95 Å². The van der Waals surface area contributed by atoms with E-state index in [0.29, 0.717) is 0 Å². The molecule has 3 heterocycles. The van der Waals surface area contributed by atoms with Crippen molar-refractivity contribution in [2.45, 2.75) is 24.5 Å². The molecule has 0 amide bonds. The fourth-order valence-corrected chi connectivity index (χ4v) is 3.98. The lowest BCUT2D eigenvalue weighted by atomic mass is 10.1. The highest BCUT2D eigenvalue weighted by Gasteiger charge is 2.44. The van der Waals surface area contributed by atoms with Crippen molar-refractivity contribution in [3.63, 3.8) is 0 Å². The Morgan fingerprint density at radius 1 is 1.46 bits per heavy atom. The number of hydrogen-bond acceptors (Lipinski definition) is 11. The van der Waals surface area contributed by atoms with Gasteiger partial charge in [-0.1, -0.05) is 0 Å². The summed E-state index contributed by atoms with van der Waals surface area (Å²) in [4.78, 5) is 43.2. The van der Waals surface area contributed by atoms with Crippen LogP contribution < -0.4 is 21.1 Å². The van der Waals surface area contributed by atoms with E-state index in [1.165, 1.54) is 10.9 Å². The number of aromatic amines is 1. The van der Waals surface area contributed by atoms with Crippen LogP contribution in [0.4, 0.5) is 5.95 Å². The number of rotatable bonds is 4. The van der Waals surface area contributed by atoms with Crippen LogP contribution in [0.3, 0.4) is 0 Å². The number of nitrogens with two attached hydrogens (primary N) is 1. The summed E-state index contributed by atoms with van der Waals surface area (Å²) in [5.41, 5.74) is 4.87. The number of aromatic nitrogens is 4. The Hall–Kier alpha value is -1.47. The lowest BCUT2D eigenvalue weighted by molar-refractivity contribution is -0.302. The van der Waals surface area contributed by atoms with Crippen LogP contribution in [0.15, 0.2) is 11.1 Å². The Bertz CT molecular complexity index is 865. The number of nitrogen functional groups attached to an aromatic ring is 1. The Kier molecular flexibility index (Phi) is 4.42. The zero-order chi connectivity index (χ0) is 17.6. The van der Waals surface area contributed by atoms with Crippen LogP contribution in [0.2, 0.25) is 0 Å². The van der Waals surface area contributed by atoms with Crippen molar-refractivity contribution >= 4 is 35.3 Å². The number of anilines is 1. The number of fused-ring (bicyclic) bond motifs is 1. The number of imidazole rings is 1. The van der Waals surface area contributed by atoms with E-state index in [4.69, 9.17) is 10.5 Å². The molecular formula is C10H12N5O7PS-2. The lowest BCUT2D eigenvalue weighted by Crippen LogP contribution is -2.33. The molecular weight excluding hydrogens is 365 g/mol. The Morgan fingerprint density at radius 2 is 2.17 bits per heavy atom. The van der Waals surface area contributed by atoms with Gasteiger partial charge in [-0.15, -0.1) is 11.4 Å². The molecule has 0 aliphatic carbocycles. The fourth-order valence-electron chi connectivity index (χ4n) is 2.39. The van der Waals surface area contributed by atoms with Crippen molar-refractivity contribution in [1.82, 2.24) is 19.5 Å². The Labute approximate surface area is 137 Å². The maximum Gasteiger partial charge on any atom is 0.280 e. The van der Waals surface area contributed by atoms with Crippen molar-refractivity contribution in [3.05, 3.63) is 16.7 Å². The fraction of sp³-hybridized carbons (Fsp3) is 0.500. The van der Waals surface area contributed by atoms with Gasteiger partial charge in [0.25, 0.3) is 5.56 Å². The molecule has 0 radical (unpaired) electrons. The first-order valence-corrected chi connectivity index (χ1v) is 9.71. The second-order valence-electron chi connectivity index (χ2n) is 5.06. The molecule has 1 aliphatic heterocycles. The van der Waals surface area contributed by atoms with Gasteiger partial charge in [0.1, 0.15) is 12.2 Å². The first-order chi connectivity index (χ1) is 11.2. The molecule has 1 fully saturated rings. The highest BCUT2D eigenvalue weighted by molar-refractivity contribution is 8.53. The zero-order valence-electron chi connectivity index (χ0n) is 11.8. The second kappa shape index (κ2) is 6.11. The van der Waals surface area contributed by atoms with Crippen LogP contribution in [0, 0.1) is 0 Å². The van der Waals surface area contributed by atoms with E-state index in [1.807, 2.05) is 0 Å². The van der Waals surface area contributed by atoms with Gasteiger partial charge < -0.3 is 35.0 Å². The van der Waals surface area contributed by atoms with E-state index >= 15 is 0 Å². The third-order valence-electron chi connectivity index (χ3n) is 3.46. The van der Waals surface area contributed by atoms with Gasteiger partial charge in [-0.2, -0.15) is 4.98 Å². The van der Waals surface area contributed by atoms with E-state index < -0.39 is 36.9 Å². The second-order valence-corrected chi connectivity index (χ2v) is 8.67. The summed E-state index contributed by atoms with van der Waals surface area (Å²) in [6.45, 7) is -4.85. The van der Waals surface area contributed by atoms with E-state index in [9.17, 15) is 29.4 Å². The Morgan fingerprint density at radius 3 is 2.83 bits per heavy atom. The van der Waals surface area contributed by atoms with Gasteiger partial charge in [0, 0.05) is 5.75 Å². The van der Waals surface area contributed by atoms with E-state index in [-0.39, 0.29) is 34.2 Å². The monoisotopic (exact) mass is 377 g/mol. The molecule has 24 heavy (non-hydrogen) atoms. The van der Waals surface area contributed by atoms with Crippen molar-refractivity contribution in [2.75, 3.05) is 11.5 Å². The minimum Gasteiger partial charge on any atom is -0.803 e. The number of aliphatic hydroxyl groups excluding tert-OH is 2. The molecule has 3 rings (SSSR count). The molecule has 0 aromatic carbocycles. The first-order valence-electron chi connectivity index (χ1n) is 6.58. The highest BCUT2D eigenvalue weighted by atomic mass is 32.7. The molecule has 0 bridgehead atoms. The normalized spacial score (nSPS) is 27.8. The van der Waals surface area contributed by atoms with E-state index in [1.54, 1.807) is 0 Å². The molecule has 2 aromatic heterocycles. The average Bonchev–Trinajstić information content (AvgIpc) is 3.00. The molecule has 4 unspecified atom stereocenters. The predicted molar refractivity (Wildman–Crippen MR) is 78.5 cm³/mol. The van der Waals surface area contributed by atoms with Gasteiger partial charge in [0.05, 0.1) is 12.4 Å². The first kappa shape index (κ1) is 17.4. The van der Waals surface area contributed by atoms with Crippen molar-refractivity contribution in [2.24, 2.45) is 0 Å². The maximum absolute atomic E-state index is 11.7. The topological polar surface area (TPSA) is 202 Å². The lowest BCUT2D eigenvalue weighted by Gasteiger charge is -2.29. The smallest absolute Gasteiger partial charge is 0.280 e. The summed E-state index contributed by atoms with van der Waals surface area (Å²) in [5, 5.41) is 20.1. The molecule has 0 spiro atoms. The molecule has 4 atom stereocenters. The zero-order valence-corrected chi connectivity index (χ0v) is 13.5. The quantitative estimate of drug-likeness (QED) is 0.392. The average molecular weight is 377 g/mol. The van der Waals surface area contributed by atoms with E-state index in [2.05, 4.69) is 15.0 Å². The number of H-pyrrole nitrogens is 1. The number of hydrogen-bond donors (Lipinski definition) is 4. The van der Waals surface area contributed by atoms with E-state index in [0.717, 1.165) is 0 Å². The molecule has 132 valence electrons. The van der Waals surface area contributed by atoms with Crippen LogP contribution in [0.25, 0.3) is 11.2 Å². The summed E-state index contributed by atoms with van der Waals surface area (Å²) >= 11 is 0.0773. The summed E-state index contributed by atoms with van der Waals surface area (Å²) in [6, 6.07) is 0. The summed E-state index contributed by atoms with van der Waals surface area (Å²) in [5.74, 6) is -0.532. The summed E-state index contributed by atoms with van der Waals surface area (Å²) < 4.78 is 17.3. The van der Waals surface area contributed by atoms with Gasteiger partial charge in [-0.05, 0) is 6.80 Å². The van der Waals surface area contributed by atoms with Crippen LogP contribution in [-0.2, 0) is 9.30 Å². The van der Waals surface area contributed by atoms with Gasteiger partial charge in [-0.25, -0.2) is 4.98 Å². The minimum absolute atomic E-state index is 0.0270. The summed E-state index contributed by atoms with van der Waals surface area (Å²) in [7, 11) is 0. The Balaban J connectivity index is 1.90. The highest BCUT2D eigenvalue weighted by Crippen LogP contribution is 2.44. The maximum atomic E-state index is 11.7. The van der Waals surface area contributed by atoms with Crippen LogP contribution in [-0.4, -0.2) is 53.8 Å². The van der Waals surface area contributed by atoms with Crippen LogP contribution >= 0.6 is 18.2 Å². The molecule has 14 heteroatoms. The minimum atomic E-state index is -4.85. The van der Waals surface area contributed by atoms with Crippen LogP contribution in [0.5, 0.6) is 0 Å². The number of nitrogens with one attached hydrogen (secondary N) is 1. The standard InChI is InChI=1S/C10H14N5O7PS/c11-10-13-7-4(8(18)14-10)12-2-15(7)9-6(17)5(16)3(22-9)1-24-23(19,20)21/h2-3,5-6,9,16-17H,1H2,(H2,19,20,21)(H3,11,13,14,18)/p-2. The van der Waals surface area contributed by atoms with Crippen molar-refractivity contribution in [1.29, 1.82) is 0 Å².